The van der Waals surface area contributed by atoms with E-state index in [9.17, 15) is 5.11 Å². The van der Waals surface area contributed by atoms with Crippen molar-refractivity contribution in [1.82, 2.24) is 0 Å². The maximum Gasteiger partial charge on any atom is 0.152 e. The summed E-state index contributed by atoms with van der Waals surface area (Å²) in [6.45, 7) is 6.79. The van der Waals surface area contributed by atoms with Gasteiger partial charge in [-0.3, -0.25) is 9.98 Å². The van der Waals surface area contributed by atoms with Crippen molar-refractivity contribution in [3.8, 4) is 5.75 Å². The van der Waals surface area contributed by atoms with E-state index in [0.717, 1.165) is 0 Å². The highest BCUT2D eigenvalue weighted by molar-refractivity contribution is 7.94. The van der Waals surface area contributed by atoms with Gasteiger partial charge in [-0.1, -0.05) is 11.1 Å². The van der Waals surface area contributed by atoms with Crippen molar-refractivity contribution in [3.05, 3.63) is 18.2 Å². The molecule has 2 aromatic carbocycles. The standard InChI is InChI=1S/C12H11N3O4S/c1-14-7-4-3-6-5-8(20-19-18-17)11(15-2)12(16)9(6)10(7)13/h3-5,16-17H,1-2,13H2. The normalized spacial score (nSPS) is 10.7. The van der Waals surface area contributed by atoms with Gasteiger partial charge < -0.3 is 10.8 Å². The molecule has 0 aliphatic carbocycles. The fourth-order valence-corrected chi connectivity index (χ4v) is 2.38. The number of hydrogen-bond donors (Lipinski definition) is 3. The maximum atomic E-state index is 10.3. The molecule has 20 heavy (non-hydrogen) atoms. The van der Waals surface area contributed by atoms with Crippen molar-refractivity contribution in [2.45, 2.75) is 4.90 Å². The van der Waals surface area contributed by atoms with Crippen molar-refractivity contribution in [3.63, 3.8) is 0 Å². The molecule has 0 heterocycles. The van der Waals surface area contributed by atoms with E-state index in [-0.39, 0.29) is 17.1 Å². The second-order valence-corrected chi connectivity index (χ2v) is 4.45. The first-order valence-corrected chi connectivity index (χ1v) is 6.04. The summed E-state index contributed by atoms with van der Waals surface area (Å²) < 4.78 is 4.35. The minimum atomic E-state index is -0.162. The van der Waals surface area contributed by atoms with E-state index >= 15 is 0 Å². The van der Waals surface area contributed by atoms with Gasteiger partial charge in [-0.15, -0.1) is 4.33 Å². The van der Waals surface area contributed by atoms with Gasteiger partial charge in [0, 0.05) is 0 Å². The predicted molar refractivity (Wildman–Crippen MR) is 79.1 cm³/mol. The van der Waals surface area contributed by atoms with Crippen LogP contribution in [0.2, 0.25) is 0 Å². The number of rotatable bonds is 5. The Morgan fingerprint density at radius 3 is 2.60 bits per heavy atom. The number of aliphatic imine (C=N–C) groups is 2. The monoisotopic (exact) mass is 293 g/mol. The van der Waals surface area contributed by atoms with Crippen LogP contribution in [0.5, 0.6) is 5.75 Å². The first kappa shape index (κ1) is 14.3. The zero-order valence-corrected chi connectivity index (χ0v) is 11.1. The van der Waals surface area contributed by atoms with Crippen LogP contribution in [0, 0.1) is 0 Å². The number of anilines is 1. The lowest BCUT2D eigenvalue weighted by Gasteiger charge is -2.12. The lowest BCUT2D eigenvalue weighted by molar-refractivity contribution is -0.432. The molecular formula is C12H11N3O4S. The summed E-state index contributed by atoms with van der Waals surface area (Å²) in [5.41, 5.74) is 6.85. The van der Waals surface area contributed by atoms with E-state index in [1.54, 1.807) is 18.2 Å². The van der Waals surface area contributed by atoms with E-state index in [1.165, 1.54) is 0 Å². The van der Waals surface area contributed by atoms with Crippen molar-refractivity contribution >= 4 is 53.3 Å². The number of benzene rings is 2. The summed E-state index contributed by atoms with van der Waals surface area (Å²) in [4.78, 5) is 7.90. The molecule has 0 aliphatic rings. The maximum absolute atomic E-state index is 10.3. The fraction of sp³-hybridized carbons (Fsp3) is 0. The van der Waals surface area contributed by atoms with Gasteiger partial charge in [-0.25, -0.2) is 5.26 Å². The van der Waals surface area contributed by atoms with E-state index in [1.807, 2.05) is 0 Å². The topological polar surface area (TPSA) is 110 Å². The van der Waals surface area contributed by atoms with E-state index in [4.69, 9.17) is 11.0 Å². The second-order valence-electron chi connectivity index (χ2n) is 3.71. The molecule has 0 aliphatic heterocycles. The smallest absolute Gasteiger partial charge is 0.152 e. The number of aromatic hydroxyl groups is 1. The molecule has 2 rings (SSSR count). The van der Waals surface area contributed by atoms with Gasteiger partial charge in [0.15, 0.2) is 5.75 Å². The van der Waals surface area contributed by atoms with Crippen LogP contribution in [0.15, 0.2) is 33.1 Å². The van der Waals surface area contributed by atoms with Gasteiger partial charge in [0.05, 0.1) is 33.7 Å². The molecule has 7 nitrogen and oxygen atoms in total. The minimum absolute atomic E-state index is 0.160. The lowest BCUT2D eigenvalue weighted by Crippen LogP contribution is -1.90. The van der Waals surface area contributed by atoms with Gasteiger partial charge in [0.25, 0.3) is 0 Å². The molecule has 104 valence electrons. The molecule has 0 bridgehead atoms. The Hall–Kier alpha value is -2.13. The van der Waals surface area contributed by atoms with E-state index in [0.29, 0.717) is 33.4 Å². The Morgan fingerprint density at radius 2 is 2.00 bits per heavy atom. The number of nitrogens with zero attached hydrogens (tertiary/aromatic N) is 2. The molecule has 0 atom stereocenters. The first-order chi connectivity index (χ1) is 9.63. The summed E-state index contributed by atoms with van der Waals surface area (Å²) in [7, 11) is 0. The fourth-order valence-electron chi connectivity index (χ4n) is 1.86. The van der Waals surface area contributed by atoms with Gasteiger partial charge in [0.1, 0.15) is 5.69 Å². The summed E-state index contributed by atoms with van der Waals surface area (Å²) in [5.74, 6) is -0.162. The second kappa shape index (κ2) is 5.88. The summed E-state index contributed by atoms with van der Waals surface area (Å²) >= 11 is 0.674. The van der Waals surface area contributed by atoms with Crippen molar-refractivity contribution in [2.24, 2.45) is 9.98 Å². The summed E-state index contributed by atoms with van der Waals surface area (Å²) in [6.07, 6.45) is 0. The zero-order valence-electron chi connectivity index (χ0n) is 10.2. The van der Waals surface area contributed by atoms with Crippen LogP contribution < -0.4 is 5.73 Å². The van der Waals surface area contributed by atoms with Crippen LogP contribution >= 0.6 is 12.0 Å². The lowest BCUT2D eigenvalue weighted by atomic mass is 10.1. The third kappa shape index (κ3) is 2.32. The number of nitrogens with two attached hydrogens (primary N) is 1. The molecule has 0 fully saturated rings. The van der Waals surface area contributed by atoms with Crippen LogP contribution in [-0.2, 0) is 9.37 Å². The Bertz CT molecular complexity index is 690. The van der Waals surface area contributed by atoms with E-state index < -0.39 is 0 Å². The molecule has 0 radical (unpaired) electrons. The van der Waals surface area contributed by atoms with Gasteiger partial charge in [-0.05, 0) is 31.0 Å². The summed E-state index contributed by atoms with van der Waals surface area (Å²) in [6, 6.07) is 5.04. The molecule has 8 heteroatoms. The Morgan fingerprint density at radius 1 is 1.25 bits per heavy atom. The van der Waals surface area contributed by atoms with Crippen molar-refractivity contribution in [2.75, 3.05) is 5.73 Å². The number of nitrogen functional groups attached to an aromatic ring is 1. The Balaban J connectivity index is 2.76. The molecule has 0 amide bonds. The van der Waals surface area contributed by atoms with Crippen LogP contribution in [0.4, 0.5) is 17.1 Å². The number of hydrogen-bond acceptors (Lipinski definition) is 8. The third-order valence-corrected chi connectivity index (χ3v) is 3.34. The minimum Gasteiger partial charge on any atom is -0.505 e. The predicted octanol–water partition coefficient (Wildman–Crippen LogP) is 3.22. The average molecular weight is 293 g/mol. The largest absolute Gasteiger partial charge is 0.505 e. The molecule has 0 aromatic heterocycles. The summed E-state index contributed by atoms with van der Waals surface area (Å²) in [5, 5.41) is 23.0. The highest BCUT2D eigenvalue weighted by Crippen LogP contribution is 2.46. The first-order valence-electron chi connectivity index (χ1n) is 5.30. The third-order valence-electron chi connectivity index (χ3n) is 2.72. The molecule has 0 saturated carbocycles. The molecule has 2 aromatic rings. The zero-order chi connectivity index (χ0) is 14.7. The van der Waals surface area contributed by atoms with Crippen LogP contribution in [-0.4, -0.2) is 23.8 Å². The quantitative estimate of drug-likeness (QED) is 0.257. The number of phenolic OH excluding ortho intramolecular Hbond substituents is 1. The highest BCUT2D eigenvalue weighted by Gasteiger charge is 2.16. The van der Waals surface area contributed by atoms with Gasteiger partial charge in [-0.2, -0.15) is 0 Å². The van der Waals surface area contributed by atoms with Crippen LogP contribution in [0.1, 0.15) is 0 Å². The van der Waals surface area contributed by atoms with Gasteiger partial charge in [0.2, 0.25) is 0 Å². The van der Waals surface area contributed by atoms with Crippen LogP contribution in [0.3, 0.4) is 0 Å². The number of phenols is 1. The van der Waals surface area contributed by atoms with Crippen LogP contribution in [0.25, 0.3) is 10.8 Å². The van der Waals surface area contributed by atoms with E-state index in [2.05, 4.69) is 32.8 Å². The van der Waals surface area contributed by atoms with Gasteiger partial charge >= 0.3 is 0 Å². The van der Waals surface area contributed by atoms with Crippen molar-refractivity contribution < 1.29 is 19.7 Å². The molecule has 0 unspecified atom stereocenters. The molecule has 0 spiro atoms. The Kier molecular flexibility index (Phi) is 4.20. The molecule has 0 saturated heterocycles. The number of fused-ring (bicyclic) bond motifs is 1. The SMILES string of the molecule is C=Nc1ccc2cc(SOOO)c(N=C)c(O)c2c1N. The highest BCUT2D eigenvalue weighted by atomic mass is 32.2. The molecule has 4 N–H and O–H groups in total. The Labute approximate surface area is 118 Å². The van der Waals surface area contributed by atoms with Crippen molar-refractivity contribution in [1.29, 1.82) is 0 Å². The molecular weight excluding hydrogens is 282 g/mol. The average Bonchev–Trinajstić information content (AvgIpc) is 2.45.